The zero-order valence-electron chi connectivity index (χ0n) is 18.9. The van der Waals surface area contributed by atoms with Gasteiger partial charge in [0.05, 0.1) is 26.5 Å². The first-order chi connectivity index (χ1) is 16.6. The van der Waals surface area contributed by atoms with E-state index in [-0.39, 0.29) is 30.4 Å². The molecule has 2 heterocycles. The number of hydrogen-bond donors (Lipinski definition) is 2. The molecule has 0 saturated heterocycles. The maximum absolute atomic E-state index is 12.2. The second-order valence-electron chi connectivity index (χ2n) is 7.35. The van der Waals surface area contributed by atoms with Crippen LogP contribution in [0.2, 0.25) is 0 Å². The van der Waals surface area contributed by atoms with Gasteiger partial charge in [0.15, 0.2) is 6.10 Å². The maximum Gasteiger partial charge on any atom is 0.321 e. The Morgan fingerprint density at radius 2 is 1.85 bits per heavy atom. The molecule has 2 aromatic carbocycles. The second kappa shape index (κ2) is 11.0. The Hall–Kier alpha value is -4.34. The fourth-order valence-electron chi connectivity index (χ4n) is 3.32. The van der Waals surface area contributed by atoms with Crippen molar-refractivity contribution in [3.05, 3.63) is 60.7 Å². The molecule has 2 N–H and O–H groups in total. The van der Waals surface area contributed by atoms with Crippen molar-refractivity contribution in [1.82, 2.24) is 15.3 Å². The number of nitrogens with zero attached hydrogens (tertiary/aromatic N) is 3. The molecule has 4 rings (SSSR count). The second-order valence-corrected chi connectivity index (χ2v) is 7.35. The van der Waals surface area contributed by atoms with Gasteiger partial charge in [-0.2, -0.15) is 9.97 Å². The monoisotopic (exact) mass is 463 g/mol. The van der Waals surface area contributed by atoms with Gasteiger partial charge in [0.2, 0.25) is 5.88 Å². The quantitative estimate of drug-likeness (QED) is 0.499. The van der Waals surface area contributed by atoms with Gasteiger partial charge >= 0.3 is 12.0 Å². The lowest BCUT2D eigenvalue weighted by molar-refractivity contribution is 0.0472. The zero-order valence-corrected chi connectivity index (χ0v) is 18.9. The molecule has 1 aliphatic heterocycles. The highest BCUT2D eigenvalue weighted by atomic mass is 16.7. The number of methoxy groups -OCH3 is 2. The Balaban J connectivity index is 1.25. The number of urea groups is 1. The molecule has 0 aliphatic carbocycles. The minimum atomic E-state index is -0.456. The van der Waals surface area contributed by atoms with Crippen molar-refractivity contribution in [2.45, 2.75) is 12.5 Å². The van der Waals surface area contributed by atoms with E-state index in [9.17, 15) is 4.79 Å². The van der Waals surface area contributed by atoms with Crippen molar-refractivity contribution in [1.29, 1.82) is 0 Å². The largest absolute Gasteiger partial charge is 0.489 e. The van der Waals surface area contributed by atoms with Crippen LogP contribution in [0.5, 0.6) is 17.6 Å². The van der Waals surface area contributed by atoms with Gasteiger partial charge in [-0.1, -0.05) is 53.7 Å². The van der Waals surface area contributed by atoms with Crippen LogP contribution in [0.3, 0.4) is 0 Å². The highest BCUT2D eigenvalue weighted by Crippen LogP contribution is 2.30. The standard InChI is InChI=1S/C24H25N5O5/c1-31-22-13-21(27-24(28-22)32-2)26-23(30)25-14-17-12-18(34-29-17)15-33-20-11-7-6-10-19(20)16-8-4-3-5-9-16/h3-11,13,18H,12,14-15H2,1-2H3,(H2,25,26,27,28,30). The van der Waals surface area contributed by atoms with E-state index >= 15 is 0 Å². The molecule has 1 atom stereocenters. The van der Waals surface area contributed by atoms with Crippen molar-refractivity contribution in [2.75, 3.05) is 32.7 Å². The van der Waals surface area contributed by atoms with Crippen LogP contribution in [-0.2, 0) is 4.84 Å². The molecule has 2 amide bonds. The molecule has 0 spiro atoms. The number of ether oxygens (including phenoxy) is 3. The number of aromatic nitrogens is 2. The molecule has 34 heavy (non-hydrogen) atoms. The van der Waals surface area contributed by atoms with E-state index in [0.29, 0.717) is 18.7 Å². The highest BCUT2D eigenvalue weighted by molar-refractivity contribution is 5.94. The van der Waals surface area contributed by atoms with Crippen LogP contribution in [0.25, 0.3) is 11.1 Å². The number of carbonyl (C=O) groups is 1. The van der Waals surface area contributed by atoms with E-state index in [2.05, 4.69) is 25.8 Å². The lowest BCUT2D eigenvalue weighted by atomic mass is 10.0. The normalized spacial score (nSPS) is 14.5. The van der Waals surface area contributed by atoms with Crippen molar-refractivity contribution in [3.63, 3.8) is 0 Å². The van der Waals surface area contributed by atoms with Gasteiger partial charge in [-0.25, -0.2) is 4.79 Å². The predicted molar refractivity (Wildman–Crippen MR) is 126 cm³/mol. The van der Waals surface area contributed by atoms with E-state index in [0.717, 1.165) is 16.9 Å². The summed E-state index contributed by atoms with van der Waals surface area (Å²) in [5.74, 6) is 1.29. The molecule has 10 nitrogen and oxygen atoms in total. The lowest BCUT2D eigenvalue weighted by Crippen LogP contribution is -2.33. The highest BCUT2D eigenvalue weighted by Gasteiger charge is 2.22. The fourth-order valence-corrected chi connectivity index (χ4v) is 3.32. The predicted octanol–water partition coefficient (Wildman–Crippen LogP) is 3.51. The van der Waals surface area contributed by atoms with Crippen LogP contribution in [0, 0.1) is 0 Å². The van der Waals surface area contributed by atoms with Crippen molar-refractivity contribution >= 4 is 17.6 Å². The molecule has 1 aromatic heterocycles. The van der Waals surface area contributed by atoms with Crippen molar-refractivity contribution in [2.24, 2.45) is 5.16 Å². The first kappa shape index (κ1) is 22.8. The van der Waals surface area contributed by atoms with Crippen molar-refractivity contribution in [3.8, 4) is 28.8 Å². The Bertz CT molecular complexity index is 1130. The summed E-state index contributed by atoms with van der Waals surface area (Å²) in [6.45, 7) is 0.561. The van der Waals surface area contributed by atoms with Crippen LogP contribution >= 0.6 is 0 Å². The number of carbonyl (C=O) groups excluding carboxylic acids is 1. The molecular formula is C24H25N5O5. The van der Waals surface area contributed by atoms with E-state index in [4.69, 9.17) is 19.0 Å². The topological polar surface area (TPSA) is 116 Å². The number of benzene rings is 2. The smallest absolute Gasteiger partial charge is 0.321 e. The number of oxime groups is 1. The number of para-hydroxylation sites is 1. The Kier molecular flexibility index (Phi) is 7.39. The van der Waals surface area contributed by atoms with Gasteiger partial charge in [0, 0.05) is 18.1 Å². The molecule has 0 bridgehead atoms. The fraction of sp³-hybridized carbons (Fsp3) is 0.250. The molecule has 0 radical (unpaired) electrons. The minimum absolute atomic E-state index is 0.0832. The molecule has 0 saturated carbocycles. The van der Waals surface area contributed by atoms with Crippen LogP contribution in [-0.4, -0.2) is 55.2 Å². The van der Waals surface area contributed by atoms with E-state index in [1.54, 1.807) is 0 Å². The van der Waals surface area contributed by atoms with Crippen LogP contribution in [0.15, 0.2) is 65.8 Å². The summed E-state index contributed by atoms with van der Waals surface area (Å²) >= 11 is 0. The first-order valence-corrected chi connectivity index (χ1v) is 10.7. The van der Waals surface area contributed by atoms with Crippen molar-refractivity contribution < 1.29 is 23.8 Å². The van der Waals surface area contributed by atoms with Gasteiger partial charge in [-0.05, 0) is 11.6 Å². The molecule has 176 valence electrons. The van der Waals surface area contributed by atoms with Gasteiger partial charge < -0.3 is 24.4 Å². The number of nitrogens with one attached hydrogen (secondary N) is 2. The summed E-state index contributed by atoms with van der Waals surface area (Å²) in [4.78, 5) is 25.8. The molecule has 1 aliphatic rings. The lowest BCUT2D eigenvalue weighted by Gasteiger charge is -2.14. The Morgan fingerprint density at radius 3 is 2.65 bits per heavy atom. The summed E-state index contributed by atoms with van der Waals surface area (Å²) in [6.07, 6.45) is 0.308. The number of amides is 2. The summed E-state index contributed by atoms with van der Waals surface area (Å²) in [7, 11) is 2.89. The Labute approximate surface area is 196 Å². The third kappa shape index (κ3) is 5.91. The van der Waals surface area contributed by atoms with Gasteiger partial charge in [-0.15, -0.1) is 0 Å². The van der Waals surface area contributed by atoms with Gasteiger partial charge in [-0.3, -0.25) is 5.32 Å². The van der Waals surface area contributed by atoms with Gasteiger partial charge in [0.1, 0.15) is 18.2 Å². The summed E-state index contributed by atoms with van der Waals surface area (Å²) in [5, 5.41) is 9.41. The average molecular weight is 463 g/mol. The molecule has 0 fully saturated rings. The molecular weight excluding hydrogens is 438 g/mol. The number of hydrogen-bond acceptors (Lipinski definition) is 8. The molecule has 3 aromatic rings. The summed E-state index contributed by atoms with van der Waals surface area (Å²) in [5.41, 5.74) is 2.80. The number of rotatable bonds is 9. The SMILES string of the molecule is COc1cc(NC(=O)NCC2=NOC(COc3ccccc3-c3ccccc3)C2)nc(OC)n1. The van der Waals surface area contributed by atoms with Crippen LogP contribution in [0.1, 0.15) is 6.42 Å². The molecule has 1 unspecified atom stereocenters. The van der Waals surface area contributed by atoms with Crippen LogP contribution in [0.4, 0.5) is 10.6 Å². The minimum Gasteiger partial charge on any atom is -0.489 e. The first-order valence-electron chi connectivity index (χ1n) is 10.7. The Morgan fingerprint density at radius 1 is 1.06 bits per heavy atom. The van der Waals surface area contributed by atoms with Crippen LogP contribution < -0.4 is 24.8 Å². The zero-order chi connectivity index (χ0) is 23.8. The third-order valence-corrected chi connectivity index (χ3v) is 4.96. The van der Waals surface area contributed by atoms with E-state index in [1.807, 2.05) is 54.6 Å². The maximum atomic E-state index is 12.2. The third-order valence-electron chi connectivity index (χ3n) is 4.96. The average Bonchev–Trinajstić information content (AvgIpc) is 3.34. The summed E-state index contributed by atoms with van der Waals surface area (Å²) in [6, 6.07) is 19.0. The van der Waals surface area contributed by atoms with E-state index in [1.165, 1.54) is 20.3 Å². The summed E-state index contributed by atoms with van der Waals surface area (Å²) < 4.78 is 16.1. The van der Waals surface area contributed by atoms with E-state index < -0.39 is 6.03 Å². The van der Waals surface area contributed by atoms with Gasteiger partial charge in [0.25, 0.3) is 0 Å². The molecule has 10 heteroatoms. The number of anilines is 1.